The van der Waals surface area contributed by atoms with Gasteiger partial charge in [-0.3, -0.25) is 0 Å². The van der Waals surface area contributed by atoms with Crippen LogP contribution in [0.4, 0.5) is 0 Å². The van der Waals surface area contributed by atoms with Gasteiger partial charge in [0.05, 0.1) is 20.3 Å². The van der Waals surface area contributed by atoms with Gasteiger partial charge in [0, 0.05) is 13.1 Å². The van der Waals surface area contributed by atoms with Crippen LogP contribution in [0.15, 0.2) is 48.5 Å². The normalized spacial score (nSPS) is 12.2. The lowest BCUT2D eigenvalue weighted by Crippen LogP contribution is -2.26. The third kappa shape index (κ3) is 4.98. The van der Waals surface area contributed by atoms with Crippen molar-refractivity contribution in [3.8, 4) is 11.5 Å². The average Bonchev–Trinajstić information content (AvgIpc) is 2.60. The minimum atomic E-state index is -0.466. The van der Waals surface area contributed by atoms with Crippen LogP contribution in [0.1, 0.15) is 17.2 Å². The quantitative estimate of drug-likeness (QED) is 0.813. The SMILES string of the molecule is COc1ccc(CCN(C)C[C@H](O)c2ccccc2)cc1OC. The number of likely N-dealkylation sites (N-methyl/N-ethyl adjacent to an activating group) is 1. The fourth-order valence-corrected chi connectivity index (χ4v) is 2.52. The monoisotopic (exact) mass is 315 g/mol. The first-order chi connectivity index (χ1) is 11.1. The largest absolute Gasteiger partial charge is 0.493 e. The van der Waals surface area contributed by atoms with Gasteiger partial charge in [0.15, 0.2) is 11.5 Å². The predicted molar refractivity (Wildman–Crippen MR) is 92.1 cm³/mol. The van der Waals surface area contributed by atoms with E-state index in [1.807, 2.05) is 55.6 Å². The predicted octanol–water partition coefficient (Wildman–Crippen LogP) is 2.91. The van der Waals surface area contributed by atoms with Crippen molar-refractivity contribution in [1.29, 1.82) is 0 Å². The maximum Gasteiger partial charge on any atom is 0.160 e. The van der Waals surface area contributed by atoms with Gasteiger partial charge in [-0.05, 0) is 36.7 Å². The molecule has 23 heavy (non-hydrogen) atoms. The van der Waals surface area contributed by atoms with Gasteiger partial charge in [-0.25, -0.2) is 0 Å². The molecule has 124 valence electrons. The van der Waals surface area contributed by atoms with Crippen molar-refractivity contribution >= 4 is 0 Å². The van der Waals surface area contributed by atoms with Gasteiger partial charge in [0.2, 0.25) is 0 Å². The first-order valence-corrected chi connectivity index (χ1v) is 7.76. The second-order valence-electron chi connectivity index (χ2n) is 5.63. The molecule has 0 unspecified atom stereocenters. The summed E-state index contributed by atoms with van der Waals surface area (Å²) < 4.78 is 10.6. The van der Waals surface area contributed by atoms with Crippen LogP contribution < -0.4 is 9.47 Å². The summed E-state index contributed by atoms with van der Waals surface area (Å²) in [5.74, 6) is 1.49. The van der Waals surface area contributed by atoms with E-state index >= 15 is 0 Å². The molecule has 2 aromatic rings. The molecule has 0 saturated carbocycles. The number of rotatable bonds is 8. The summed E-state index contributed by atoms with van der Waals surface area (Å²) in [6.07, 6.45) is 0.421. The molecule has 4 nitrogen and oxygen atoms in total. The smallest absolute Gasteiger partial charge is 0.160 e. The Hall–Kier alpha value is -2.04. The minimum absolute atomic E-state index is 0.466. The molecule has 0 aliphatic rings. The average molecular weight is 315 g/mol. The standard InChI is InChI=1S/C19H25NO3/c1-20(14-17(21)16-7-5-4-6-8-16)12-11-15-9-10-18(22-2)19(13-15)23-3/h4-10,13,17,21H,11-12,14H2,1-3H3/t17-/m0/s1. The van der Waals surface area contributed by atoms with Crippen LogP contribution in [-0.4, -0.2) is 44.4 Å². The molecular weight excluding hydrogens is 290 g/mol. The fourth-order valence-electron chi connectivity index (χ4n) is 2.52. The Morgan fingerprint density at radius 2 is 1.70 bits per heavy atom. The Morgan fingerprint density at radius 3 is 2.35 bits per heavy atom. The molecule has 0 saturated heterocycles. The Kier molecular flexibility index (Phi) is 6.44. The fraction of sp³-hybridized carbons (Fsp3) is 0.368. The minimum Gasteiger partial charge on any atom is -0.493 e. The van der Waals surface area contributed by atoms with Gasteiger partial charge in [-0.1, -0.05) is 36.4 Å². The van der Waals surface area contributed by atoms with E-state index in [0.717, 1.165) is 30.0 Å². The molecular formula is C19H25NO3. The highest BCUT2D eigenvalue weighted by Crippen LogP contribution is 2.27. The second-order valence-corrected chi connectivity index (χ2v) is 5.63. The molecule has 1 N–H and O–H groups in total. The molecule has 0 aliphatic carbocycles. The van der Waals surface area contributed by atoms with Crippen LogP contribution in [0.3, 0.4) is 0 Å². The Labute approximate surface area is 138 Å². The number of methoxy groups -OCH3 is 2. The Bertz CT molecular complexity index is 601. The zero-order valence-corrected chi connectivity index (χ0v) is 14.0. The summed E-state index contributed by atoms with van der Waals surface area (Å²) in [5.41, 5.74) is 2.13. The Balaban J connectivity index is 1.88. The number of aliphatic hydroxyl groups excluding tert-OH is 1. The topological polar surface area (TPSA) is 41.9 Å². The number of nitrogens with zero attached hydrogens (tertiary/aromatic N) is 1. The lowest BCUT2D eigenvalue weighted by molar-refractivity contribution is 0.127. The molecule has 2 rings (SSSR count). The molecule has 0 aliphatic heterocycles. The van der Waals surface area contributed by atoms with Gasteiger partial charge in [0.25, 0.3) is 0 Å². The highest BCUT2D eigenvalue weighted by molar-refractivity contribution is 5.42. The lowest BCUT2D eigenvalue weighted by atomic mass is 10.1. The highest BCUT2D eigenvalue weighted by atomic mass is 16.5. The van der Waals surface area contributed by atoms with E-state index in [0.29, 0.717) is 6.54 Å². The van der Waals surface area contributed by atoms with Crippen LogP contribution >= 0.6 is 0 Å². The molecule has 0 amide bonds. The van der Waals surface area contributed by atoms with Crippen molar-refractivity contribution < 1.29 is 14.6 Å². The van der Waals surface area contributed by atoms with E-state index in [9.17, 15) is 5.11 Å². The molecule has 0 spiro atoms. The number of ether oxygens (including phenoxy) is 2. The molecule has 0 bridgehead atoms. The number of benzene rings is 2. The summed E-state index contributed by atoms with van der Waals surface area (Å²) in [7, 11) is 5.30. The number of aliphatic hydroxyl groups is 1. The lowest BCUT2D eigenvalue weighted by Gasteiger charge is -2.21. The van der Waals surface area contributed by atoms with Gasteiger partial charge >= 0.3 is 0 Å². The van der Waals surface area contributed by atoms with Crippen molar-refractivity contribution in [3.63, 3.8) is 0 Å². The summed E-state index contributed by atoms with van der Waals surface area (Å²) in [4.78, 5) is 2.13. The van der Waals surface area contributed by atoms with E-state index in [2.05, 4.69) is 4.90 Å². The summed E-state index contributed by atoms with van der Waals surface area (Å²) >= 11 is 0. The summed E-state index contributed by atoms with van der Waals surface area (Å²) in [6.45, 7) is 1.47. The maximum atomic E-state index is 10.3. The van der Waals surface area contributed by atoms with E-state index in [1.54, 1.807) is 14.2 Å². The summed E-state index contributed by atoms with van der Waals surface area (Å²) in [6, 6.07) is 15.7. The van der Waals surface area contributed by atoms with Crippen molar-refractivity contribution in [2.75, 3.05) is 34.4 Å². The Morgan fingerprint density at radius 1 is 1.00 bits per heavy atom. The van der Waals surface area contributed by atoms with Gasteiger partial charge in [0.1, 0.15) is 0 Å². The van der Waals surface area contributed by atoms with Crippen molar-refractivity contribution in [1.82, 2.24) is 4.90 Å². The van der Waals surface area contributed by atoms with Crippen molar-refractivity contribution in [2.24, 2.45) is 0 Å². The maximum absolute atomic E-state index is 10.3. The first-order valence-electron chi connectivity index (χ1n) is 7.76. The van der Waals surface area contributed by atoms with E-state index in [-0.39, 0.29) is 0 Å². The van der Waals surface area contributed by atoms with Crippen LogP contribution in [0, 0.1) is 0 Å². The summed E-state index contributed by atoms with van der Waals surface area (Å²) in [5, 5.41) is 10.3. The van der Waals surface area contributed by atoms with Gasteiger partial charge < -0.3 is 19.5 Å². The van der Waals surface area contributed by atoms with Crippen molar-refractivity contribution in [3.05, 3.63) is 59.7 Å². The van der Waals surface area contributed by atoms with Crippen LogP contribution in [0.25, 0.3) is 0 Å². The molecule has 0 fully saturated rings. The number of hydrogen-bond acceptors (Lipinski definition) is 4. The van der Waals surface area contributed by atoms with Gasteiger partial charge in [-0.2, -0.15) is 0 Å². The third-order valence-electron chi connectivity index (χ3n) is 3.90. The molecule has 1 atom stereocenters. The zero-order valence-electron chi connectivity index (χ0n) is 14.0. The van der Waals surface area contributed by atoms with E-state index in [1.165, 1.54) is 5.56 Å². The number of hydrogen-bond donors (Lipinski definition) is 1. The molecule has 0 radical (unpaired) electrons. The van der Waals surface area contributed by atoms with Crippen molar-refractivity contribution in [2.45, 2.75) is 12.5 Å². The first kappa shape index (κ1) is 17.3. The van der Waals surface area contributed by atoms with Gasteiger partial charge in [-0.15, -0.1) is 0 Å². The van der Waals surface area contributed by atoms with E-state index < -0.39 is 6.10 Å². The zero-order chi connectivity index (χ0) is 16.7. The van der Waals surface area contributed by atoms with Crippen LogP contribution in [0.5, 0.6) is 11.5 Å². The molecule has 0 aromatic heterocycles. The molecule has 0 heterocycles. The molecule has 4 heteroatoms. The van der Waals surface area contributed by atoms with Crippen LogP contribution in [-0.2, 0) is 6.42 Å². The third-order valence-corrected chi connectivity index (χ3v) is 3.90. The molecule has 2 aromatic carbocycles. The second kappa shape index (κ2) is 8.56. The van der Waals surface area contributed by atoms with Crippen LogP contribution in [0.2, 0.25) is 0 Å². The highest BCUT2D eigenvalue weighted by Gasteiger charge is 2.11. The van der Waals surface area contributed by atoms with E-state index in [4.69, 9.17) is 9.47 Å².